The molecule has 3 N–H and O–H groups in total. The van der Waals surface area contributed by atoms with Crippen LogP contribution in [0.15, 0.2) is 30.3 Å². The lowest BCUT2D eigenvalue weighted by Gasteiger charge is -2.40. The van der Waals surface area contributed by atoms with E-state index in [-0.39, 0.29) is 36.3 Å². The number of amides is 2. The van der Waals surface area contributed by atoms with Gasteiger partial charge in [-0.1, -0.05) is 30.3 Å². The summed E-state index contributed by atoms with van der Waals surface area (Å²) in [6, 6.07) is 8.44. The minimum absolute atomic E-state index is 0.0318. The number of rotatable bonds is 7. The van der Waals surface area contributed by atoms with Crippen LogP contribution in [0.4, 0.5) is 4.79 Å². The number of sulfone groups is 1. The van der Waals surface area contributed by atoms with Crippen molar-refractivity contribution in [3.63, 3.8) is 0 Å². The standard InChI is InChI=1S/C22H33N3O5S/c1-15(2)31(28,29)14-17-12-18(23)8-9-20(17)25-11-10-19(21(25)26)24-22(27)30-13-16-6-4-3-5-7-16/h3-7,15,17-20H,8-14,23H2,1-2H3,(H,24,27)/t17-,18+,19-,20-/m0/s1. The predicted octanol–water partition coefficient (Wildman–Crippen LogP) is 1.83. The van der Waals surface area contributed by atoms with Crippen molar-refractivity contribution in [2.45, 2.75) is 69.5 Å². The maximum absolute atomic E-state index is 13.0. The highest BCUT2D eigenvalue weighted by molar-refractivity contribution is 7.91. The van der Waals surface area contributed by atoms with Crippen LogP contribution in [0.5, 0.6) is 0 Å². The number of benzene rings is 1. The van der Waals surface area contributed by atoms with Crippen molar-refractivity contribution >= 4 is 21.8 Å². The molecular formula is C22H33N3O5S. The fourth-order valence-electron chi connectivity index (χ4n) is 4.44. The van der Waals surface area contributed by atoms with E-state index in [4.69, 9.17) is 10.5 Å². The van der Waals surface area contributed by atoms with Gasteiger partial charge in [0.2, 0.25) is 5.91 Å². The van der Waals surface area contributed by atoms with Crippen molar-refractivity contribution in [3.8, 4) is 0 Å². The summed E-state index contributed by atoms with van der Waals surface area (Å²) in [6.45, 7) is 3.97. The molecule has 2 amide bonds. The highest BCUT2D eigenvalue weighted by Gasteiger charge is 2.43. The molecule has 2 aliphatic rings. The van der Waals surface area contributed by atoms with Crippen LogP contribution in [-0.4, -0.2) is 61.0 Å². The molecule has 0 aromatic heterocycles. The first kappa shape index (κ1) is 23.5. The molecule has 0 spiro atoms. The Morgan fingerprint density at radius 1 is 1.23 bits per heavy atom. The van der Waals surface area contributed by atoms with E-state index in [9.17, 15) is 18.0 Å². The van der Waals surface area contributed by atoms with Crippen molar-refractivity contribution in [2.24, 2.45) is 11.7 Å². The molecule has 1 aromatic carbocycles. The third-order valence-corrected chi connectivity index (χ3v) is 8.62. The molecular weight excluding hydrogens is 418 g/mol. The van der Waals surface area contributed by atoms with Gasteiger partial charge in [0.15, 0.2) is 9.84 Å². The lowest BCUT2D eigenvalue weighted by atomic mass is 9.82. The highest BCUT2D eigenvalue weighted by atomic mass is 32.2. The Morgan fingerprint density at radius 2 is 1.94 bits per heavy atom. The van der Waals surface area contributed by atoms with Crippen molar-refractivity contribution in [1.82, 2.24) is 10.2 Å². The van der Waals surface area contributed by atoms with Crippen LogP contribution in [0.3, 0.4) is 0 Å². The van der Waals surface area contributed by atoms with E-state index in [2.05, 4.69) is 5.32 Å². The van der Waals surface area contributed by atoms with Gasteiger partial charge < -0.3 is 20.7 Å². The Bertz CT molecular complexity index is 874. The van der Waals surface area contributed by atoms with E-state index in [0.29, 0.717) is 25.8 Å². The Kier molecular flexibility index (Phi) is 7.59. The van der Waals surface area contributed by atoms with Gasteiger partial charge in [0.1, 0.15) is 12.6 Å². The van der Waals surface area contributed by atoms with Gasteiger partial charge in [0.05, 0.1) is 11.0 Å². The monoisotopic (exact) mass is 451 g/mol. The number of alkyl carbamates (subject to hydrolysis) is 1. The van der Waals surface area contributed by atoms with Crippen LogP contribution < -0.4 is 11.1 Å². The minimum atomic E-state index is -3.25. The average molecular weight is 452 g/mol. The number of nitrogens with two attached hydrogens (primary N) is 1. The highest BCUT2D eigenvalue weighted by Crippen LogP contribution is 2.32. The zero-order valence-electron chi connectivity index (χ0n) is 18.2. The quantitative estimate of drug-likeness (QED) is 0.653. The van der Waals surface area contributed by atoms with Crippen LogP contribution in [0.2, 0.25) is 0 Å². The smallest absolute Gasteiger partial charge is 0.408 e. The topological polar surface area (TPSA) is 119 Å². The Morgan fingerprint density at radius 3 is 2.61 bits per heavy atom. The van der Waals surface area contributed by atoms with Crippen LogP contribution in [0.25, 0.3) is 0 Å². The van der Waals surface area contributed by atoms with Gasteiger partial charge in [-0.05, 0) is 51.0 Å². The summed E-state index contributed by atoms with van der Waals surface area (Å²) in [7, 11) is -3.25. The van der Waals surface area contributed by atoms with Gasteiger partial charge in [-0.2, -0.15) is 0 Å². The van der Waals surface area contributed by atoms with Crippen molar-refractivity contribution < 1.29 is 22.7 Å². The summed E-state index contributed by atoms with van der Waals surface area (Å²) in [5, 5.41) is 2.20. The van der Waals surface area contributed by atoms with E-state index < -0.39 is 27.2 Å². The van der Waals surface area contributed by atoms with E-state index in [0.717, 1.165) is 12.0 Å². The number of carbonyl (C=O) groups excluding carboxylic acids is 2. The van der Waals surface area contributed by atoms with E-state index in [1.54, 1.807) is 18.7 Å². The SMILES string of the molecule is CC(C)S(=O)(=O)C[C@@H]1C[C@H](N)CC[C@@H]1N1CC[C@H](NC(=O)OCc2ccccc2)C1=O. The lowest BCUT2D eigenvalue weighted by Crippen LogP contribution is -2.52. The molecule has 4 atom stereocenters. The molecule has 0 radical (unpaired) electrons. The van der Waals surface area contributed by atoms with Gasteiger partial charge in [-0.15, -0.1) is 0 Å². The first-order chi connectivity index (χ1) is 14.7. The average Bonchev–Trinajstić information content (AvgIpc) is 3.07. The van der Waals surface area contributed by atoms with Gasteiger partial charge in [0, 0.05) is 18.6 Å². The molecule has 172 valence electrons. The molecule has 9 heteroatoms. The van der Waals surface area contributed by atoms with Crippen molar-refractivity contribution in [2.75, 3.05) is 12.3 Å². The van der Waals surface area contributed by atoms with Crippen LogP contribution >= 0.6 is 0 Å². The zero-order valence-corrected chi connectivity index (χ0v) is 19.0. The second-order valence-electron chi connectivity index (χ2n) is 8.86. The molecule has 0 bridgehead atoms. The van der Waals surface area contributed by atoms with Crippen molar-refractivity contribution in [1.29, 1.82) is 0 Å². The molecule has 2 fully saturated rings. The maximum atomic E-state index is 13.0. The summed E-state index contributed by atoms with van der Waals surface area (Å²) in [6.07, 6.45) is 1.86. The van der Waals surface area contributed by atoms with Gasteiger partial charge in [0.25, 0.3) is 0 Å². The first-order valence-electron chi connectivity index (χ1n) is 10.9. The third kappa shape index (κ3) is 5.98. The fourth-order valence-corrected chi connectivity index (χ4v) is 5.78. The number of carbonyl (C=O) groups is 2. The Hall–Kier alpha value is -2.13. The van der Waals surface area contributed by atoms with E-state index in [1.807, 2.05) is 30.3 Å². The Balaban J connectivity index is 1.59. The normalized spacial score (nSPS) is 26.8. The molecule has 1 aliphatic carbocycles. The number of ether oxygens (including phenoxy) is 1. The molecule has 1 saturated heterocycles. The maximum Gasteiger partial charge on any atom is 0.408 e. The summed E-state index contributed by atoms with van der Waals surface area (Å²) in [5.41, 5.74) is 6.98. The summed E-state index contributed by atoms with van der Waals surface area (Å²) >= 11 is 0. The fraction of sp³-hybridized carbons (Fsp3) is 0.636. The first-order valence-corrected chi connectivity index (χ1v) is 12.6. The van der Waals surface area contributed by atoms with Gasteiger partial charge in [-0.25, -0.2) is 13.2 Å². The minimum Gasteiger partial charge on any atom is -0.445 e. The van der Waals surface area contributed by atoms with Gasteiger partial charge >= 0.3 is 6.09 Å². The van der Waals surface area contributed by atoms with E-state index >= 15 is 0 Å². The lowest BCUT2D eigenvalue weighted by molar-refractivity contribution is -0.132. The van der Waals surface area contributed by atoms with Gasteiger partial charge in [-0.3, -0.25) is 4.79 Å². The number of likely N-dealkylation sites (tertiary alicyclic amines) is 1. The number of nitrogens with zero attached hydrogens (tertiary/aromatic N) is 1. The second-order valence-corrected chi connectivity index (χ2v) is 11.5. The molecule has 1 heterocycles. The zero-order chi connectivity index (χ0) is 22.6. The third-order valence-electron chi connectivity index (χ3n) is 6.29. The molecule has 8 nitrogen and oxygen atoms in total. The van der Waals surface area contributed by atoms with E-state index in [1.165, 1.54) is 0 Å². The summed E-state index contributed by atoms with van der Waals surface area (Å²) in [4.78, 5) is 26.9. The number of hydrogen-bond donors (Lipinski definition) is 2. The second kappa shape index (κ2) is 9.99. The molecule has 0 unspecified atom stereocenters. The predicted molar refractivity (Wildman–Crippen MR) is 118 cm³/mol. The number of hydrogen-bond acceptors (Lipinski definition) is 6. The summed E-state index contributed by atoms with van der Waals surface area (Å²) in [5.74, 6) is -0.336. The molecule has 31 heavy (non-hydrogen) atoms. The van der Waals surface area contributed by atoms with Crippen LogP contribution in [0, 0.1) is 5.92 Å². The number of nitrogens with one attached hydrogen (secondary N) is 1. The summed E-state index contributed by atoms with van der Waals surface area (Å²) < 4.78 is 30.3. The van der Waals surface area contributed by atoms with Crippen molar-refractivity contribution in [3.05, 3.63) is 35.9 Å². The Labute approximate surface area is 184 Å². The molecule has 1 aliphatic heterocycles. The largest absolute Gasteiger partial charge is 0.445 e. The molecule has 1 aromatic rings. The molecule has 3 rings (SSSR count). The van der Waals surface area contributed by atoms with Crippen LogP contribution in [-0.2, 0) is 26.0 Å². The molecule has 1 saturated carbocycles. The van der Waals surface area contributed by atoms with Crippen LogP contribution in [0.1, 0.15) is 45.1 Å².